The highest BCUT2D eigenvalue weighted by Gasteiger charge is 2.12. The first-order chi connectivity index (χ1) is 7.67. The van der Waals surface area contributed by atoms with Crippen LogP contribution in [-0.2, 0) is 6.54 Å². The van der Waals surface area contributed by atoms with E-state index < -0.39 is 0 Å². The zero-order chi connectivity index (χ0) is 12.0. The van der Waals surface area contributed by atoms with Gasteiger partial charge in [-0.1, -0.05) is 13.0 Å². The minimum Gasteiger partial charge on any atom is -0.294 e. The number of nitriles is 1. The largest absolute Gasteiger partial charge is 0.294 e. The van der Waals surface area contributed by atoms with Gasteiger partial charge in [0.2, 0.25) is 0 Å². The van der Waals surface area contributed by atoms with Gasteiger partial charge in [0.25, 0.3) is 0 Å². The van der Waals surface area contributed by atoms with E-state index in [1.165, 1.54) is 0 Å². The SMILES string of the molecule is CCN(Cc1cccc(C)n1)C(C)CC#N. The van der Waals surface area contributed by atoms with Crippen molar-refractivity contribution in [2.24, 2.45) is 0 Å². The molecule has 0 saturated carbocycles. The van der Waals surface area contributed by atoms with E-state index in [9.17, 15) is 0 Å². The first-order valence-electron chi connectivity index (χ1n) is 5.71. The maximum absolute atomic E-state index is 8.70. The molecule has 1 unspecified atom stereocenters. The molecule has 0 aliphatic carbocycles. The van der Waals surface area contributed by atoms with Crippen molar-refractivity contribution in [3.8, 4) is 6.07 Å². The number of nitrogens with zero attached hydrogens (tertiary/aromatic N) is 3. The molecule has 1 rings (SSSR count). The quantitative estimate of drug-likeness (QED) is 0.760. The van der Waals surface area contributed by atoms with Crippen molar-refractivity contribution in [1.82, 2.24) is 9.88 Å². The Kier molecular flexibility index (Phi) is 4.94. The van der Waals surface area contributed by atoms with Crippen molar-refractivity contribution in [3.05, 3.63) is 29.6 Å². The van der Waals surface area contributed by atoms with Crippen LogP contribution in [-0.4, -0.2) is 22.5 Å². The third kappa shape index (κ3) is 3.63. The van der Waals surface area contributed by atoms with Crippen molar-refractivity contribution < 1.29 is 0 Å². The smallest absolute Gasteiger partial charge is 0.0638 e. The lowest BCUT2D eigenvalue weighted by molar-refractivity contribution is 0.211. The Bertz CT molecular complexity index is 368. The molecule has 16 heavy (non-hydrogen) atoms. The fourth-order valence-corrected chi connectivity index (χ4v) is 1.74. The summed E-state index contributed by atoms with van der Waals surface area (Å²) in [6.45, 7) is 7.96. The molecule has 0 spiro atoms. The average Bonchev–Trinajstić information content (AvgIpc) is 2.26. The summed E-state index contributed by atoms with van der Waals surface area (Å²) in [4.78, 5) is 6.75. The molecule has 0 aliphatic heterocycles. The molecule has 0 aliphatic rings. The standard InChI is InChI=1S/C13H19N3/c1-4-16(12(3)8-9-14)10-13-7-5-6-11(2)15-13/h5-7,12H,4,8,10H2,1-3H3. The molecule has 0 N–H and O–H groups in total. The number of hydrogen-bond acceptors (Lipinski definition) is 3. The molecule has 1 atom stereocenters. The van der Waals surface area contributed by atoms with Crippen LogP contribution in [0.1, 0.15) is 31.7 Å². The van der Waals surface area contributed by atoms with E-state index in [2.05, 4.69) is 29.8 Å². The monoisotopic (exact) mass is 217 g/mol. The molecule has 0 amide bonds. The van der Waals surface area contributed by atoms with Gasteiger partial charge in [-0.05, 0) is 32.5 Å². The molecule has 3 nitrogen and oxygen atoms in total. The van der Waals surface area contributed by atoms with Gasteiger partial charge in [0.1, 0.15) is 0 Å². The van der Waals surface area contributed by atoms with Gasteiger partial charge in [0.15, 0.2) is 0 Å². The van der Waals surface area contributed by atoms with Crippen molar-refractivity contribution >= 4 is 0 Å². The lowest BCUT2D eigenvalue weighted by Gasteiger charge is -2.25. The van der Waals surface area contributed by atoms with Crippen molar-refractivity contribution in [1.29, 1.82) is 5.26 Å². The van der Waals surface area contributed by atoms with Crippen LogP contribution in [0, 0.1) is 18.3 Å². The Morgan fingerprint density at radius 1 is 1.50 bits per heavy atom. The van der Waals surface area contributed by atoms with Crippen LogP contribution in [0.15, 0.2) is 18.2 Å². The van der Waals surface area contributed by atoms with Gasteiger partial charge < -0.3 is 0 Å². The maximum Gasteiger partial charge on any atom is 0.0638 e. The molecule has 0 radical (unpaired) electrons. The molecular weight excluding hydrogens is 198 g/mol. The molecule has 86 valence electrons. The predicted molar refractivity (Wildman–Crippen MR) is 64.8 cm³/mol. The van der Waals surface area contributed by atoms with Crippen LogP contribution in [0.3, 0.4) is 0 Å². The summed E-state index contributed by atoms with van der Waals surface area (Å²) >= 11 is 0. The van der Waals surface area contributed by atoms with Gasteiger partial charge in [-0.3, -0.25) is 9.88 Å². The van der Waals surface area contributed by atoms with Crippen molar-refractivity contribution in [3.63, 3.8) is 0 Å². The Balaban J connectivity index is 2.67. The summed E-state index contributed by atoms with van der Waals surface area (Å²) in [5.74, 6) is 0. The maximum atomic E-state index is 8.70. The molecule has 1 heterocycles. The molecule has 1 aromatic heterocycles. The normalized spacial score (nSPS) is 12.4. The zero-order valence-corrected chi connectivity index (χ0v) is 10.3. The second-order valence-corrected chi connectivity index (χ2v) is 4.04. The fraction of sp³-hybridized carbons (Fsp3) is 0.538. The van der Waals surface area contributed by atoms with E-state index in [1.807, 2.05) is 25.1 Å². The van der Waals surface area contributed by atoms with E-state index >= 15 is 0 Å². The van der Waals surface area contributed by atoms with Crippen LogP contribution in [0.25, 0.3) is 0 Å². The number of hydrogen-bond donors (Lipinski definition) is 0. The Labute approximate surface area is 97.7 Å². The molecule has 1 aromatic rings. The molecule has 0 bridgehead atoms. The van der Waals surface area contributed by atoms with Gasteiger partial charge in [-0.2, -0.15) is 5.26 Å². The van der Waals surface area contributed by atoms with Crippen LogP contribution < -0.4 is 0 Å². The lowest BCUT2D eigenvalue weighted by atomic mass is 10.2. The molecule has 0 fully saturated rings. The molecular formula is C13H19N3. The van der Waals surface area contributed by atoms with E-state index in [1.54, 1.807) is 0 Å². The van der Waals surface area contributed by atoms with Gasteiger partial charge in [-0.15, -0.1) is 0 Å². The van der Waals surface area contributed by atoms with Crippen LogP contribution in [0.4, 0.5) is 0 Å². The summed E-state index contributed by atoms with van der Waals surface area (Å²) < 4.78 is 0. The van der Waals surface area contributed by atoms with Crippen LogP contribution >= 0.6 is 0 Å². The lowest BCUT2D eigenvalue weighted by Crippen LogP contribution is -2.32. The van der Waals surface area contributed by atoms with Crippen molar-refractivity contribution in [2.45, 2.75) is 39.8 Å². The van der Waals surface area contributed by atoms with Crippen LogP contribution in [0.2, 0.25) is 0 Å². The second-order valence-electron chi connectivity index (χ2n) is 4.04. The van der Waals surface area contributed by atoms with Gasteiger partial charge in [0, 0.05) is 18.3 Å². The fourth-order valence-electron chi connectivity index (χ4n) is 1.74. The van der Waals surface area contributed by atoms with E-state index in [4.69, 9.17) is 5.26 Å². The highest BCUT2D eigenvalue weighted by atomic mass is 15.1. The minimum atomic E-state index is 0.289. The number of rotatable bonds is 5. The number of aromatic nitrogens is 1. The summed E-state index contributed by atoms with van der Waals surface area (Å²) in [7, 11) is 0. The third-order valence-electron chi connectivity index (χ3n) is 2.73. The van der Waals surface area contributed by atoms with E-state index in [0.717, 1.165) is 24.5 Å². The topological polar surface area (TPSA) is 39.9 Å². The second kappa shape index (κ2) is 6.24. The Morgan fingerprint density at radius 2 is 2.25 bits per heavy atom. The Hall–Kier alpha value is -1.40. The first kappa shape index (κ1) is 12.7. The van der Waals surface area contributed by atoms with Gasteiger partial charge in [-0.25, -0.2) is 0 Å². The molecule has 0 saturated heterocycles. The zero-order valence-electron chi connectivity index (χ0n) is 10.3. The highest BCUT2D eigenvalue weighted by molar-refractivity contribution is 5.09. The van der Waals surface area contributed by atoms with Gasteiger partial charge in [0.05, 0.1) is 18.2 Å². The summed E-state index contributed by atoms with van der Waals surface area (Å²) in [5.41, 5.74) is 2.12. The number of pyridine rings is 1. The van der Waals surface area contributed by atoms with Crippen molar-refractivity contribution in [2.75, 3.05) is 6.54 Å². The molecule has 0 aromatic carbocycles. The van der Waals surface area contributed by atoms with Crippen LogP contribution in [0.5, 0.6) is 0 Å². The minimum absolute atomic E-state index is 0.289. The highest BCUT2D eigenvalue weighted by Crippen LogP contribution is 2.08. The Morgan fingerprint density at radius 3 is 2.81 bits per heavy atom. The average molecular weight is 217 g/mol. The third-order valence-corrected chi connectivity index (χ3v) is 2.73. The van der Waals surface area contributed by atoms with Gasteiger partial charge >= 0.3 is 0 Å². The summed E-state index contributed by atoms with van der Waals surface area (Å²) in [6, 6.07) is 8.57. The van der Waals surface area contributed by atoms with E-state index in [-0.39, 0.29) is 6.04 Å². The molecule has 3 heteroatoms. The predicted octanol–water partition coefficient (Wildman–Crippen LogP) is 2.51. The number of aryl methyl sites for hydroxylation is 1. The van der Waals surface area contributed by atoms with E-state index in [0.29, 0.717) is 6.42 Å². The summed E-state index contributed by atoms with van der Waals surface area (Å²) in [6.07, 6.45) is 0.569. The summed E-state index contributed by atoms with van der Waals surface area (Å²) in [5, 5.41) is 8.70. The first-order valence-corrected chi connectivity index (χ1v) is 5.71.